The molecule has 3 rings (SSSR count). The molecule has 1 N–H and O–H groups in total. The van der Waals surface area contributed by atoms with Gasteiger partial charge in [0.05, 0.1) is 18.4 Å². The summed E-state index contributed by atoms with van der Waals surface area (Å²) in [5.74, 6) is 0.430. The van der Waals surface area contributed by atoms with Crippen molar-refractivity contribution in [1.29, 1.82) is 5.26 Å². The minimum absolute atomic E-state index is 0.0639. The highest BCUT2D eigenvalue weighted by Crippen LogP contribution is 2.30. The Balaban J connectivity index is 1.94. The fourth-order valence-corrected chi connectivity index (χ4v) is 3.14. The number of thiazole rings is 1. The molecule has 3 aromatic rings. The van der Waals surface area contributed by atoms with Gasteiger partial charge in [0.2, 0.25) is 0 Å². The molecule has 0 bridgehead atoms. The van der Waals surface area contributed by atoms with Crippen LogP contribution in [0.1, 0.15) is 16.1 Å². The summed E-state index contributed by atoms with van der Waals surface area (Å²) in [6.45, 7) is 2.04. The van der Waals surface area contributed by atoms with Crippen LogP contribution in [0.25, 0.3) is 22.9 Å². The first-order valence-electron chi connectivity index (χ1n) is 7.62. The molecule has 5 heteroatoms. The van der Waals surface area contributed by atoms with Crippen molar-refractivity contribution in [3.8, 4) is 28.8 Å². The number of nitriles is 1. The van der Waals surface area contributed by atoms with Crippen molar-refractivity contribution in [2.45, 2.75) is 6.92 Å². The summed E-state index contributed by atoms with van der Waals surface area (Å²) in [5, 5.41) is 21.8. The molecule has 1 aromatic heterocycles. The Bertz CT molecular complexity index is 966. The van der Waals surface area contributed by atoms with E-state index in [-0.39, 0.29) is 5.75 Å². The number of phenolic OH excluding ortho intramolecular Hbond substituents is 1. The van der Waals surface area contributed by atoms with Crippen LogP contribution in [0.5, 0.6) is 11.5 Å². The number of hydrogen-bond donors (Lipinski definition) is 1. The SMILES string of the molecule is COc1cc(/C=C(\C#N)c2nc(-c3ccc(C)cc3)cs2)ccc1O. The van der Waals surface area contributed by atoms with Gasteiger partial charge in [-0.05, 0) is 30.7 Å². The van der Waals surface area contributed by atoms with Gasteiger partial charge in [-0.3, -0.25) is 0 Å². The third-order valence-electron chi connectivity index (χ3n) is 3.72. The molecule has 1 heterocycles. The first-order chi connectivity index (χ1) is 12.1. The normalized spacial score (nSPS) is 11.2. The van der Waals surface area contributed by atoms with Crippen LogP contribution in [0.3, 0.4) is 0 Å². The Morgan fingerprint density at radius 3 is 2.68 bits per heavy atom. The van der Waals surface area contributed by atoms with Crippen LogP contribution in [0, 0.1) is 18.3 Å². The largest absolute Gasteiger partial charge is 0.504 e. The van der Waals surface area contributed by atoms with E-state index in [1.165, 1.54) is 24.0 Å². The summed E-state index contributed by atoms with van der Waals surface area (Å²) in [4.78, 5) is 4.58. The Kier molecular flexibility index (Phi) is 4.82. The van der Waals surface area contributed by atoms with Crippen molar-refractivity contribution >= 4 is 23.0 Å². The van der Waals surface area contributed by atoms with Gasteiger partial charge in [0.1, 0.15) is 11.1 Å². The molecule has 0 saturated carbocycles. The first-order valence-corrected chi connectivity index (χ1v) is 8.50. The van der Waals surface area contributed by atoms with Gasteiger partial charge in [0.15, 0.2) is 11.5 Å². The van der Waals surface area contributed by atoms with E-state index in [9.17, 15) is 10.4 Å². The second-order valence-electron chi connectivity index (χ2n) is 5.51. The number of rotatable bonds is 4. The molecule has 0 fully saturated rings. The maximum Gasteiger partial charge on any atom is 0.161 e. The minimum atomic E-state index is 0.0639. The van der Waals surface area contributed by atoms with Crippen LogP contribution in [-0.2, 0) is 0 Å². The zero-order valence-corrected chi connectivity index (χ0v) is 14.7. The van der Waals surface area contributed by atoms with Crippen molar-refractivity contribution in [3.05, 3.63) is 64.0 Å². The number of allylic oxidation sites excluding steroid dienone is 1. The van der Waals surface area contributed by atoms with Crippen LogP contribution in [-0.4, -0.2) is 17.2 Å². The molecule has 25 heavy (non-hydrogen) atoms. The van der Waals surface area contributed by atoms with Crippen LogP contribution >= 0.6 is 11.3 Å². The summed E-state index contributed by atoms with van der Waals surface area (Å²) in [7, 11) is 1.49. The molecule has 0 amide bonds. The number of nitrogens with zero attached hydrogens (tertiary/aromatic N) is 2. The predicted octanol–water partition coefficient (Wildman–Crippen LogP) is 4.90. The summed E-state index contributed by atoms with van der Waals surface area (Å²) in [6.07, 6.45) is 1.74. The van der Waals surface area contributed by atoms with E-state index in [0.717, 1.165) is 16.8 Å². The summed E-state index contributed by atoms with van der Waals surface area (Å²) in [5.41, 5.74) is 4.30. The van der Waals surface area contributed by atoms with E-state index < -0.39 is 0 Å². The van der Waals surface area contributed by atoms with Crippen LogP contribution in [0.15, 0.2) is 47.8 Å². The maximum absolute atomic E-state index is 9.67. The Labute approximate surface area is 150 Å². The van der Waals surface area contributed by atoms with Crippen molar-refractivity contribution in [1.82, 2.24) is 4.98 Å². The number of aromatic hydroxyl groups is 1. The van der Waals surface area contributed by atoms with Crippen LogP contribution < -0.4 is 4.74 Å². The summed E-state index contributed by atoms with van der Waals surface area (Å²) in [6, 6.07) is 15.3. The van der Waals surface area contributed by atoms with Gasteiger partial charge < -0.3 is 9.84 Å². The topological polar surface area (TPSA) is 66.1 Å². The summed E-state index contributed by atoms with van der Waals surface area (Å²) >= 11 is 1.43. The molecule has 0 spiro atoms. The number of benzene rings is 2. The molecule has 0 aliphatic carbocycles. The zero-order valence-electron chi connectivity index (χ0n) is 13.9. The average molecular weight is 348 g/mol. The van der Waals surface area contributed by atoms with Crippen LogP contribution in [0.2, 0.25) is 0 Å². The maximum atomic E-state index is 9.67. The van der Waals surface area contributed by atoms with Gasteiger partial charge in [0.25, 0.3) is 0 Å². The van der Waals surface area contributed by atoms with Crippen molar-refractivity contribution in [2.24, 2.45) is 0 Å². The second-order valence-corrected chi connectivity index (χ2v) is 6.36. The molecular weight excluding hydrogens is 332 g/mol. The number of methoxy groups -OCH3 is 1. The molecule has 124 valence electrons. The van der Waals surface area contributed by atoms with Crippen molar-refractivity contribution in [2.75, 3.05) is 7.11 Å². The van der Waals surface area contributed by atoms with Gasteiger partial charge in [-0.15, -0.1) is 11.3 Å². The molecule has 0 aliphatic rings. The van der Waals surface area contributed by atoms with Gasteiger partial charge in [-0.2, -0.15) is 5.26 Å². The smallest absolute Gasteiger partial charge is 0.161 e. The quantitative estimate of drug-likeness (QED) is 0.681. The van der Waals surface area contributed by atoms with Gasteiger partial charge in [-0.25, -0.2) is 4.98 Å². The zero-order chi connectivity index (χ0) is 17.8. The van der Waals surface area contributed by atoms with E-state index in [4.69, 9.17) is 4.74 Å². The Morgan fingerprint density at radius 1 is 1.24 bits per heavy atom. The Hall–Kier alpha value is -3.10. The summed E-state index contributed by atoms with van der Waals surface area (Å²) < 4.78 is 5.10. The van der Waals surface area contributed by atoms with E-state index in [1.807, 2.05) is 36.6 Å². The van der Waals surface area contributed by atoms with E-state index in [1.54, 1.807) is 24.3 Å². The number of aromatic nitrogens is 1. The van der Waals surface area contributed by atoms with Gasteiger partial charge in [-0.1, -0.05) is 35.9 Å². The highest BCUT2D eigenvalue weighted by Gasteiger charge is 2.10. The second kappa shape index (κ2) is 7.20. The van der Waals surface area contributed by atoms with Crippen molar-refractivity contribution in [3.63, 3.8) is 0 Å². The minimum Gasteiger partial charge on any atom is -0.504 e. The Morgan fingerprint density at radius 2 is 2.00 bits per heavy atom. The van der Waals surface area contributed by atoms with E-state index in [0.29, 0.717) is 16.3 Å². The first kappa shape index (κ1) is 16.7. The van der Waals surface area contributed by atoms with E-state index in [2.05, 4.69) is 11.1 Å². The number of hydrogen-bond acceptors (Lipinski definition) is 5. The van der Waals surface area contributed by atoms with Gasteiger partial charge >= 0.3 is 0 Å². The van der Waals surface area contributed by atoms with Gasteiger partial charge in [0, 0.05) is 10.9 Å². The average Bonchev–Trinajstić information content (AvgIpc) is 3.11. The molecule has 0 aliphatic heterocycles. The number of phenols is 1. The molecule has 4 nitrogen and oxygen atoms in total. The van der Waals surface area contributed by atoms with Crippen molar-refractivity contribution < 1.29 is 9.84 Å². The standard InChI is InChI=1S/C20H16N2O2S/c1-13-3-6-15(7-4-13)17-12-25-20(22-17)16(11-21)9-14-5-8-18(23)19(10-14)24-2/h3-10,12,23H,1-2H3/b16-9+. The van der Waals surface area contributed by atoms with E-state index >= 15 is 0 Å². The molecule has 0 saturated heterocycles. The molecular formula is C20H16N2O2S. The monoisotopic (exact) mass is 348 g/mol. The molecule has 0 atom stereocenters. The fourth-order valence-electron chi connectivity index (χ4n) is 2.35. The van der Waals surface area contributed by atoms with Crippen LogP contribution in [0.4, 0.5) is 0 Å². The predicted molar refractivity (Wildman–Crippen MR) is 100 cm³/mol. The molecule has 2 aromatic carbocycles. The lowest BCUT2D eigenvalue weighted by Gasteiger charge is -2.04. The number of aryl methyl sites for hydroxylation is 1. The lowest BCUT2D eigenvalue weighted by molar-refractivity contribution is 0.373. The number of ether oxygens (including phenoxy) is 1. The molecule has 0 radical (unpaired) electrons. The molecule has 0 unspecified atom stereocenters. The highest BCUT2D eigenvalue weighted by atomic mass is 32.1. The third kappa shape index (κ3) is 3.70. The highest BCUT2D eigenvalue weighted by molar-refractivity contribution is 7.11. The fraction of sp³-hybridized carbons (Fsp3) is 0.100. The lowest BCUT2D eigenvalue weighted by Crippen LogP contribution is -1.86. The lowest BCUT2D eigenvalue weighted by atomic mass is 10.1. The third-order valence-corrected chi connectivity index (χ3v) is 4.59.